The van der Waals surface area contributed by atoms with Crippen molar-refractivity contribution in [2.24, 2.45) is 17.8 Å². The van der Waals surface area contributed by atoms with Gasteiger partial charge in [0.2, 0.25) is 17.7 Å². The molecule has 7 heteroatoms. The molecule has 3 aliphatic heterocycles. The summed E-state index contributed by atoms with van der Waals surface area (Å²) in [7, 11) is 0. The minimum absolute atomic E-state index is 0.0726. The van der Waals surface area contributed by atoms with Gasteiger partial charge in [0, 0.05) is 18.3 Å². The van der Waals surface area contributed by atoms with Gasteiger partial charge in [0.05, 0.1) is 17.9 Å². The first-order valence-corrected chi connectivity index (χ1v) is 13.8. The van der Waals surface area contributed by atoms with Crippen molar-refractivity contribution in [2.45, 2.75) is 69.9 Å². The molecule has 38 heavy (non-hydrogen) atoms. The Labute approximate surface area is 223 Å². The molecule has 2 saturated heterocycles. The number of benzene rings is 2. The smallest absolute Gasteiger partial charge is 0.246 e. The van der Waals surface area contributed by atoms with E-state index in [4.69, 9.17) is 4.74 Å². The summed E-state index contributed by atoms with van der Waals surface area (Å²) in [6, 6.07) is 16.5. The Hall–Kier alpha value is -3.45. The third kappa shape index (κ3) is 4.13. The molecule has 4 aliphatic rings. The van der Waals surface area contributed by atoms with Crippen molar-refractivity contribution in [1.82, 2.24) is 10.2 Å². The second kappa shape index (κ2) is 9.70. The first kappa shape index (κ1) is 24.9. The van der Waals surface area contributed by atoms with E-state index < -0.39 is 29.6 Å². The van der Waals surface area contributed by atoms with E-state index in [1.807, 2.05) is 73.7 Å². The van der Waals surface area contributed by atoms with Crippen LogP contribution in [0.25, 0.3) is 0 Å². The quantitative estimate of drug-likeness (QED) is 0.572. The van der Waals surface area contributed by atoms with Crippen molar-refractivity contribution in [3.63, 3.8) is 0 Å². The van der Waals surface area contributed by atoms with Crippen LogP contribution in [-0.2, 0) is 25.7 Å². The van der Waals surface area contributed by atoms with Crippen molar-refractivity contribution in [1.29, 1.82) is 0 Å². The van der Waals surface area contributed by atoms with E-state index in [0.29, 0.717) is 11.6 Å². The van der Waals surface area contributed by atoms with Crippen LogP contribution in [0.3, 0.4) is 0 Å². The third-order valence-electron chi connectivity index (χ3n) is 8.85. The van der Waals surface area contributed by atoms with Crippen LogP contribution in [0.15, 0.2) is 66.7 Å². The lowest BCUT2D eigenvalue weighted by molar-refractivity contribution is -0.142. The summed E-state index contributed by atoms with van der Waals surface area (Å²) in [6.45, 7) is 4.42. The molecule has 6 rings (SSSR count). The van der Waals surface area contributed by atoms with Gasteiger partial charge in [0.25, 0.3) is 0 Å². The molecule has 3 heterocycles. The summed E-state index contributed by atoms with van der Waals surface area (Å²) in [4.78, 5) is 43.4. The van der Waals surface area contributed by atoms with Gasteiger partial charge in [-0.15, -0.1) is 0 Å². The highest BCUT2D eigenvalue weighted by Gasteiger charge is 2.72. The van der Waals surface area contributed by atoms with Crippen molar-refractivity contribution < 1.29 is 19.1 Å². The van der Waals surface area contributed by atoms with E-state index in [1.165, 1.54) is 6.42 Å². The highest BCUT2D eigenvalue weighted by atomic mass is 16.5. The molecule has 1 spiro atoms. The fraction of sp³-hybridized carbons (Fsp3) is 0.452. The summed E-state index contributed by atoms with van der Waals surface area (Å²) in [5.41, 5.74) is 1.49. The van der Waals surface area contributed by atoms with Gasteiger partial charge in [-0.1, -0.05) is 74.4 Å². The molecule has 198 valence electrons. The normalized spacial score (nSPS) is 33.3. The summed E-state index contributed by atoms with van der Waals surface area (Å²) in [6.07, 6.45) is 7.46. The SMILES string of the molecule is Cc1cccc(NC(=O)[C@H]2[C@H]3C=C[C@@]4(O3)[C@H]2C(=O)N(Cc2ccccc2)[C@@H]4C(=O)N[C@@H]2CCCC[C@H]2C)c1. The predicted octanol–water partition coefficient (Wildman–Crippen LogP) is 3.98. The third-order valence-corrected chi connectivity index (χ3v) is 8.85. The number of carbonyl (C=O) groups excluding carboxylic acids is 3. The van der Waals surface area contributed by atoms with Crippen LogP contribution >= 0.6 is 0 Å². The molecule has 2 aromatic carbocycles. The Morgan fingerprint density at radius 2 is 1.84 bits per heavy atom. The molecule has 2 aromatic rings. The predicted molar refractivity (Wildman–Crippen MR) is 144 cm³/mol. The molecular weight excluding hydrogens is 478 g/mol. The molecule has 0 unspecified atom stereocenters. The fourth-order valence-electron chi connectivity index (χ4n) is 6.96. The van der Waals surface area contributed by atoms with Crippen molar-refractivity contribution >= 4 is 23.4 Å². The average molecular weight is 514 g/mol. The van der Waals surface area contributed by atoms with Crippen molar-refractivity contribution in [3.8, 4) is 0 Å². The number of fused-ring (bicyclic) bond motifs is 1. The first-order valence-electron chi connectivity index (χ1n) is 13.8. The Morgan fingerprint density at radius 1 is 1.05 bits per heavy atom. The Balaban J connectivity index is 1.33. The van der Waals surface area contributed by atoms with Crippen molar-refractivity contribution in [3.05, 3.63) is 77.9 Å². The number of hydrogen-bond donors (Lipinski definition) is 2. The highest BCUT2D eigenvalue weighted by molar-refractivity contribution is 6.02. The van der Waals surface area contributed by atoms with Crippen LogP contribution in [0, 0.1) is 24.7 Å². The molecule has 2 bridgehead atoms. The van der Waals surface area contributed by atoms with E-state index in [0.717, 1.165) is 30.4 Å². The van der Waals surface area contributed by atoms with Gasteiger partial charge >= 0.3 is 0 Å². The lowest BCUT2D eigenvalue weighted by Gasteiger charge is -2.36. The Bertz CT molecular complexity index is 1280. The number of anilines is 1. The van der Waals surface area contributed by atoms with E-state index in [1.54, 1.807) is 4.90 Å². The van der Waals surface area contributed by atoms with Gasteiger partial charge in [0.1, 0.15) is 11.6 Å². The standard InChI is InChI=1S/C31H35N3O4/c1-19-9-8-13-22(17-19)32-28(35)25-24-15-16-31(38-24)26(25)30(37)34(18-21-11-4-3-5-12-21)27(31)29(36)33-23-14-7-6-10-20(23)2/h3-5,8-9,11-13,15-17,20,23-27H,6-7,10,14,18H2,1-2H3,(H,32,35)(H,33,36)/t20-,23-,24-,25+,26-,27-,31-/m1/s1. The molecule has 7 nitrogen and oxygen atoms in total. The van der Waals surface area contributed by atoms with Crippen LogP contribution in [0.1, 0.15) is 43.7 Å². The summed E-state index contributed by atoms with van der Waals surface area (Å²) in [5, 5.41) is 6.28. The number of likely N-dealkylation sites (tertiary alicyclic amines) is 1. The molecule has 1 saturated carbocycles. The van der Waals surface area contributed by atoms with Crippen LogP contribution < -0.4 is 10.6 Å². The molecule has 0 aromatic heterocycles. The second-order valence-corrected chi connectivity index (χ2v) is 11.4. The minimum Gasteiger partial charge on any atom is -0.359 e. The second-order valence-electron chi connectivity index (χ2n) is 11.4. The lowest BCUT2D eigenvalue weighted by Crippen LogP contribution is -2.57. The largest absolute Gasteiger partial charge is 0.359 e. The minimum atomic E-state index is -1.16. The molecule has 3 amide bonds. The van der Waals surface area contributed by atoms with E-state index in [2.05, 4.69) is 17.6 Å². The lowest BCUT2D eigenvalue weighted by atomic mass is 9.74. The van der Waals surface area contributed by atoms with Crippen LogP contribution in [0.5, 0.6) is 0 Å². The fourth-order valence-corrected chi connectivity index (χ4v) is 6.96. The van der Waals surface area contributed by atoms with Crippen LogP contribution in [-0.4, -0.2) is 46.4 Å². The molecule has 1 aliphatic carbocycles. The number of carbonyl (C=O) groups is 3. The number of aryl methyl sites for hydroxylation is 1. The molecule has 2 N–H and O–H groups in total. The molecular formula is C31H35N3O4. The monoisotopic (exact) mass is 513 g/mol. The van der Waals surface area contributed by atoms with E-state index in [-0.39, 0.29) is 30.3 Å². The van der Waals surface area contributed by atoms with Crippen LogP contribution in [0.2, 0.25) is 0 Å². The number of nitrogens with zero attached hydrogens (tertiary/aromatic N) is 1. The van der Waals surface area contributed by atoms with E-state index in [9.17, 15) is 14.4 Å². The van der Waals surface area contributed by atoms with Gasteiger partial charge in [-0.05, 0) is 48.9 Å². The summed E-state index contributed by atoms with van der Waals surface area (Å²) >= 11 is 0. The van der Waals surface area contributed by atoms with Gasteiger partial charge in [0.15, 0.2) is 0 Å². The Morgan fingerprint density at radius 3 is 2.61 bits per heavy atom. The zero-order chi connectivity index (χ0) is 26.4. The maximum atomic E-state index is 14.1. The number of nitrogens with one attached hydrogen (secondary N) is 2. The zero-order valence-corrected chi connectivity index (χ0v) is 21.9. The molecule has 7 atom stereocenters. The topological polar surface area (TPSA) is 87.7 Å². The van der Waals surface area contributed by atoms with Gasteiger partial charge < -0.3 is 20.3 Å². The Kier molecular flexibility index (Phi) is 6.34. The summed E-state index contributed by atoms with van der Waals surface area (Å²) in [5.74, 6) is -1.75. The molecule has 3 fully saturated rings. The van der Waals surface area contributed by atoms with Crippen molar-refractivity contribution in [2.75, 3.05) is 5.32 Å². The summed E-state index contributed by atoms with van der Waals surface area (Å²) < 4.78 is 6.47. The van der Waals surface area contributed by atoms with Gasteiger partial charge in [-0.3, -0.25) is 14.4 Å². The number of hydrogen-bond acceptors (Lipinski definition) is 4. The van der Waals surface area contributed by atoms with Gasteiger partial charge in [-0.2, -0.15) is 0 Å². The highest BCUT2D eigenvalue weighted by Crippen LogP contribution is 2.55. The maximum absolute atomic E-state index is 14.1. The maximum Gasteiger partial charge on any atom is 0.246 e. The number of rotatable bonds is 6. The molecule has 0 radical (unpaired) electrons. The number of ether oxygens (including phenoxy) is 1. The van der Waals surface area contributed by atoms with E-state index >= 15 is 0 Å². The zero-order valence-electron chi connectivity index (χ0n) is 21.9. The first-order chi connectivity index (χ1) is 18.4. The average Bonchev–Trinajstić information content (AvgIpc) is 3.54. The number of amides is 3. The van der Waals surface area contributed by atoms with Gasteiger partial charge in [-0.25, -0.2) is 0 Å². The van der Waals surface area contributed by atoms with Crippen LogP contribution in [0.4, 0.5) is 5.69 Å².